The Balaban J connectivity index is 1.59. The van der Waals surface area contributed by atoms with Crippen molar-refractivity contribution in [2.75, 3.05) is 12.1 Å². The van der Waals surface area contributed by atoms with Crippen LogP contribution in [-0.4, -0.2) is 24.8 Å². The van der Waals surface area contributed by atoms with E-state index in [0.29, 0.717) is 28.7 Å². The highest BCUT2D eigenvalue weighted by Crippen LogP contribution is 2.34. The molecule has 0 radical (unpaired) electrons. The van der Waals surface area contributed by atoms with Gasteiger partial charge in [0.25, 0.3) is 5.91 Å². The fourth-order valence-corrected chi connectivity index (χ4v) is 2.50. The van der Waals surface area contributed by atoms with Crippen molar-refractivity contribution in [1.29, 1.82) is 0 Å². The van der Waals surface area contributed by atoms with E-state index in [1.54, 1.807) is 30.3 Å². The second kappa shape index (κ2) is 7.47. The highest BCUT2D eigenvalue weighted by atomic mass is 16.7. The minimum atomic E-state index is -0.933. The van der Waals surface area contributed by atoms with Gasteiger partial charge in [-0.15, -0.1) is 0 Å². The van der Waals surface area contributed by atoms with Gasteiger partial charge in [-0.3, -0.25) is 4.79 Å². The van der Waals surface area contributed by atoms with Gasteiger partial charge < -0.3 is 19.5 Å². The summed E-state index contributed by atoms with van der Waals surface area (Å²) in [4.78, 5) is 24.5. The SMILES string of the molecule is CC(C)c1ccc(C(=O)O[C@@H](C)C(=O)Nc2ccc3c(c2)OCO3)cc1. The predicted molar refractivity (Wildman–Crippen MR) is 96.6 cm³/mol. The van der Waals surface area contributed by atoms with Gasteiger partial charge in [-0.2, -0.15) is 0 Å². The Morgan fingerprint density at radius 3 is 2.38 bits per heavy atom. The number of rotatable bonds is 5. The molecule has 1 aliphatic heterocycles. The molecule has 0 aromatic heterocycles. The molecule has 136 valence electrons. The molecule has 1 heterocycles. The van der Waals surface area contributed by atoms with Crippen molar-refractivity contribution < 1.29 is 23.8 Å². The molecule has 6 nitrogen and oxygen atoms in total. The predicted octanol–water partition coefficient (Wildman–Crippen LogP) is 3.72. The van der Waals surface area contributed by atoms with Crippen molar-refractivity contribution in [3.63, 3.8) is 0 Å². The van der Waals surface area contributed by atoms with E-state index in [9.17, 15) is 9.59 Å². The maximum absolute atomic E-state index is 12.3. The topological polar surface area (TPSA) is 73.9 Å². The molecule has 0 spiro atoms. The Bertz CT molecular complexity index is 813. The van der Waals surface area contributed by atoms with Crippen LogP contribution in [0.25, 0.3) is 0 Å². The summed E-state index contributed by atoms with van der Waals surface area (Å²) in [5.74, 6) is 0.626. The summed E-state index contributed by atoms with van der Waals surface area (Å²) in [5.41, 5.74) is 2.09. The summed E-state index contributed by atoms with van der Waals surface area (Å²) in [6, 6.07) is 12.3. The van der Waals surface area contributed by atoms with Crippen LogP contribution in [0, 0.1) is 0 Å². The van der Waals surface area contributed by atoms with Crippen molar-refractivity contribution in [2.45, 2.75) is 32.8 Å². The average Bonchev–Trinajstić information content (AvgIpc) is 3.09. The minimum Gasteiger partial charge on any atom is -0.454 e. The summed E-state index contributed by atoms with van der Waals surface area (Å²) < 4.78 is 15.8. The van der Waals surface area contributed by atoms with E-state index < -0.39 is 18.0 Å². The van der Waals surface area contributed by atoms with Crippen molar-refractivity contribution in [2.24, 2.45) is 0 Å². The molecule has 1 amide bonds. The average molecular weight is 355 g/mol. The lowest BCUT2D eigenvalue weighted by Gasteiger charge is -2.14. The highest BCUT2D eigenvalue weighted by molar-refractivity contribution is 5.97. The lowest BCUT2D eigenvalue weighted by atomic mass is 10.0. The Morgan fingerprint density at radius 1 is 1.00 bits per heavy atom. The molecule has 26 heavy (non-hydrogen) atoms. The number of nitrogens with one attached hydrogen (secondary N) is 1. The molecule has 1 aliphatic rings. The minimum absolute atomic E-state index is 0.163. The van der Waals surface area contributed by atoms with Gasteiger partial charge in [-0.1, -0.05) is 26.0 Å². The molecule has 0 saturated heterocycles. The first-order chi connectivity index (χ1) is 12.4. The zero-order valence-electron chi connectivity index (χ0n) is 14.9. The van der Waals surface area contributed by atoms with Gasteiger partial charge in [-0.05, 0) is 42.7 Å². The number of hydrogen-bond donors (Lipinski definition) is 1. The van der Waals surface area contributed by atoms with Crippen LogP contribution in [0.4, 0.5) is 5.69 Å². The van der Waals surface area contributed by atoms with Crippen LogP contribution in [0.5, 0.6) is 11.5 Å². The summed E-state index contributed by atoms with van der Waals surface area (Å²) in [5, 5.41) is 2.70. The number of amides is 1. The first kappa shape index (κ1) is 17.8. The Labute approximate surface area is 152 Å². The molecule has 3 rings (SSSR count). The van der Waals surface area contributed by atoms with Crippen molar-refractivity contribution in [1.82, 2.24) is 0 Å². The number of hydrogen-bond acceptors (Lipinski definition) is 5. The molecule has 6 heteroatoms. The van der Waals surface area contributed by atoms with Crippen molar-refractivity contribution in [3.8, 4) is 11.5 Å². The van der Waals surface area contributed by atoms with E-state index in [0.717, 1.165) is 5.56 Å². The van der Waals surface area contributed by atoms with E-state index in [1.165, 1.54) is 6.92 Å². The number of carbonyl (C=O) groups is 2. The van der Waals surface area contributed by atoms with Gasteiger partial charge >= 0.3 is 5.97 Å². The van der Waals surface area contributed by atoms with E-state index in [2.05, 4.69) is 19.2 Å². The second-order valence-electron chi connectivity index (χ2n) is 6.38. The fourth-order valence-electron chi connectivity index (χ4n) is 2.50. The first-order valence-corrected chi connectivity index (χ1v) is 8.45. The third-order valence-corrected chi connectivity index (χ3v) is 4.11. The van der Waals surface area contributed by atoms with Crippen molar-refractivity contribution in [3.05, 3.63) is 53.6 Å². The van der Waals surface area contributed by atoms with Gasteiger partial charge in [0.2, 0.25) is 6.79 Å². The van der Waals surface area contributed by atoms with Crippen LogP contribution in [-0.2, 0) is 9.53 Å². The molecule has 2 aromatic rings. The van der Waals surface area contributed by atoms with E-state index in [-0.39, 0.29) is 6.79 Å². The molecule has 0 fully saturated rings. The number of anilines is 1. The summed E-state index contributed by atoms with van der Waals surface area (Å²) in [6.07, 6.45) is -0.933. The Morgan fingerprint density at radius 2 is 1.69 bits per heavy atom. The van der Waals surface area contributed by atoms with Gasteiger partial charge in [-0.25, -0.2) is 4.79 Å². The smallest absolute Gasteiger partial charge is 0.338 e. The number of ether oxygens (including phenoxy) is 3. The first-order valence-electron chi connectivity index (χ1n) is 8.45. The molecule has 1 atom stereocenters. The summed E-state index contributed by atoms with van der Waals surface area (Å²) in [7, 11) is 0. The Kier molecular flexibility index (Phi) is 5.11. The lowest BCUT2D eigenvalue weighted by Crippen LogP contribution is -2.30. The normalized spacial score (nSPS) is 13.4. The number of carbonyl (C=O) groups excluding carboxylic acids is 2. The van der Waals surface area contributed by atoms with Gasteiger partial charge in [0, 0.05) is 11.8 Å². The third kappa shape index (κ3) is 3.96. The molecular formula is C20H21NO5. The number of benzene rings is 2. The maximum atomic E-state index is 12.3. The van der Waals surface area contributed by atoms with Crippen LogP contribution in [0.3, 0.4) is 0 Å². The van der Waals surface area contributed by atoms with Crippen LogP contribution >= 0.6 is 0 Å². The Hall–Kier alpha value is -3.02. The molecular weight excluding hydrogens is 334 g/mol. The zero-order valence-corrected chi connectivity index (χ0v) is 14.9. The number of esters is 1. The van der Waals surface area contributed by atoms with E-state index >= 15 is 0 Å². The molecule has 0 bridgehead atoms. The zero-order chi connectivity index (χ0) is 18.7. The van der Waals surface area contributed by atoms with Crippen LogP contribution < -0.4 is 14.8 Å². The molecule has 1 N–H and O–H groups in total. The maximum Gasteiger partial charge on any atom is 0.338 e. The molecule has 2 aromatic carbocycles. The van der Waals surface area contributed by atoms with Crippen LogP contribution in [0.1, 0.15) is 42.6 Å². The third-order valence-electron chi connectivity index (χ3n) is 4.11. The van der Waals surface area contributed by atoms with Gasteiger partial charge in [0.05, 0.1) is 5.56 Å². The fraction of sp³-hybridized carbons (Fsp3) is 0.300. The number of fused-ring (bicyclic) bond motifs is 1. The summed E-state index contributed by atoms with van der Waals surface area (Å²) >= 11 is 0. The quantitative estimate of drug-likeness (QED) is 0.828. The van der Waals surface area contributed by atoms with E-state index in [1.807, 2.05) is 12.1 Å². The highest BCUT2D eigenvalue weighted by Gasteiger charge is 2.20. The van der Waals surface area contributed by atoms with Gasteiger partial charge in [0.15, 0.2) is 17.6 Å². The lowest BCUT2D eigenvalue weighted by molar-refractivity contribution is -0.123. The molecule has 0 unspecified atom stereocenters. The second-order valence-corrected chi connectivity index (χ2v) is 6.38. The van der Waals surface area contributed by atoms with E-state index in [4.69, 9.17) is 14.2 Å². The van der Waals surface area contributed by atoms with Crippen molar-refractivity contribution >= 4 is 17.6 Å². The van der Waals surface area contributed by atoms with Crippen LogP contribution in [0.15, 0.2) is 42.5 Å². The monoisotopic (exact) mass is 355 g/mol. The molecule has 0 aliphatic carbocycles. The standard InChI is InChI=1S/C20H21NO5/c1-12(2)14-4-6-15(7-5-14)20(23)26-13(3)19(22)21-16-8-9-17-18(10-16)25-11-24-17/h4-10,12-13H,11H2,1-3H3,(H,21,22)/t13-/m0/s1. The van der Waals surface area contributed by atoms with Gasteiger partial charge in [0.1, 0.15) is 0 Å². The summed E-state index contributed by atoms with van der Waals surface area (Å²) in [6.45, 7) is 5.85. The largest absolute Gasteiger partial charge is 0.454 e. The van der Waals surface area contributed by atoms with Crippen LogP contribution in [0.2, 0.25) is 0 Å². The molecule has 0 saturated carbocycles.